The zero-order valence-electron chi connectivity index (χ0n) is 13.1. The third-order valence-electron chi connectivity index (χ3n) is 4.33. The lowest BCUT2D eigenvalue weighted by atomic mass is 10.0. The molecule has 0 bridgehead atoms. The van der Waals surface area contributed by atoms with Gasteiger partial charge in [0.25, 0.3) is 0 Å². The summed E-state index contributed by atoms with van der Waals surface area (Å²) in [5.41, 5.74) is 3.36. The van der Waals surface area contributed by atoms with E-state index < -0.39 is 0 Å². The van der Waals surface area contributed by atoms with Crippen LogP contribution in [0.5, 0.6) is 0 Å². The summed E-state index contributed by atoms with van der Waals surface area (Å²) >= 11 is 0. The number of aryl methyl sites for hydroxylation is 1. The van der Waals surface area contributed by atoms with Gasteiger partial charge in [-0.2, -0.15) is 0 Å². The Bertz CT molecular complexity index is 608. The SMILES string of the molecule is Cc1cc(NCCN2CCCC(C)C2)c2ccccc2n1. The highest BCUT2D eigenvalue weighted by molar-refractivity contribution is 5.91. The first-order valence-electron chi connectivity index (χ1n) is 8.05. The number of rotatable bonds is 4. The van der Waals surface area contributed by atoms with Gasteiger partial charge in [-0.1, -0.05) is 25.1 Å². The van der Waals surface area contributed by atoms with Crippen molar-refractivity contribution in [3.05, 3.63) is 36.0 Å². The summed E-state index contributed by atoms with van der Waals surface area (Å²) < 4.78 is 0. The molecule has 3 nitrogen and oxygen atoms in total. The molecule has 0 spiro atoms. The first kappa shape index (κ1) is 14.3. The maximum atomic E-state index is 4.59. The number of para-hydroxylation sites is 1. The molecule has 1 saturated heterocycles. The molecule has 3 heteroatoms. The summed E-state index contributed by atoms with van der Waals surface area (Å²) in [6.07, 6.45) is 2.73. The molecule has 1 aromatic heterocycles. The van der Waals surface area contributed by atoms with E-state index in [0.717, 1.165) is 30.2 Å². The summed E-state index contributed by atoms with van der Waals surface area (Å²) in [7, 11) is 0. The lowest BCUT2D eigenvalue weighted by molar-refractivity contribution is 0.190. The quantitative estimate of drug-likeness (QED) is 0.927. The fraction of sp³-hybridized carbons (Fsp3) is 0.500. The van der Waals surface area contributed by atoms with E-state index in [4.69, 9.17) is 0 Å². The number of piperidine rings is 1. The van der Waals surface area contributed by atoms with Crippen molar-refractivity contribution in [1.29, 1.82) is 0 Å². The van der Waals surface area contributed by atoms with Crippen LogP contribution in [0.4, 0.5) is 5.69 Å². The third kappa shape index (κ3) is 3.53. The van der Waals surface area contributed by atoms with Crippen molar-refractivity contribution >= 4 is 16.6 Å². The molecule has 1 aliphatic rings. The van der Waals surface area contributed by atoms with Crippen LogP contribution in [0.1, 0.15) is 25.5 Å². The molecule has 0 saturated carbocycles. The number of anilines is 1. The van der Waals surface area contributed by atoms with E-state index in [9.17, 15) is 0 Å². The number of likely N-dealkylation sites (tertiary alicyclic amines) is 1. The minimum atomic E-state index is 0.850. The molecule has 21 heavy (non-hydrogen) atoms. The molecule has 1 unspecified atom stereocenters. The molecule has 2 heterocycles. The second-order valence-electron chi connectivity index (χ2n) is 6.30. The lowest BCUT2D eigenvalue weighted by Crippen LogP contribution is -2.37. The van der Waals surface area contributed by atoms with E-state index in [1.165, 1.54) is 37.0 Å². The van der Waals surface area contributed by atoms with Gasteiger partial charge in [-0.05, 0) is 44.4 Å². The number of benzene rings is 1. The van der Waals surface area contributed by atoms with Crippen molar-refractivity contribution in [2.45, 2.75) is 26.7 Å². The predicted octanol–water partition coefficient (Wildman–Crippen LogP) is 3.69. The Hall–Kier alpha value is -1.61. The Morgan fingerprint density at radius 2 is 2.19 bits per heavy atom. The first-order chi connectivity index (χ1) is 10.2. The van der Waals surface area contributed by atoms with E-state index in [2.05, 4.69) is 53.3 Å². The Labute approximate surface area is 127 Å². The molecule has 1 atom stereocenters. The molecule has 0 amide bonds. The molecule has 0 radical (unpaired) electrons. The van der Waals surface area contributed by atoms with Crippen LogP contribution in [0.3, 0.4) is 0 Å². The van der Waals surface area contributed by atoms with Gasteiger partial charge in [0.2, 0.25) is 0 Å². The van der Waals surface area contributed by atoms with Gasteiger partial charge in [-0.25, -0.2) is 0 Å². The first-order valence-corrected chi connectivity index (χ1v) is 8.05. The number of fused-ring (bicyclic) bond motifs is 1. The fourth-order valence-electron chi connectivity index (χ4n) is 3.29. The normalized spacial score (nSPS) is 19.8. The summed E-state index contributed by atoms with van der Waals surface area (Å²) in [5.74, 6) is 0.850. The number of nitrogens with zero attached hydrogens (tertiary/aromatic N) is 2. The van der Waals surface area contributed by atoms with Crippen molar-refractivity contribution in [2.24, 2.45) is 5.92 Å². The minimum Gasteiger partial charge on any atom is -0.383 e. The number of hydrogen-bond donors (Lipinski definition) is 1. The molecule has 1 aliphatic heterocycles. The van der Waals surface area contributed by atoms with Crippen molar-refractivity contribution in [1.82, 2.24) is 9.88 Å². The number of pyridine rings is 1. The highest BCUT2D eigenvalue weighted by Crippen LogP contribution is 2.22. The van der Waals surface area contributed by atoms with Crippen molar-refractivity contribution < 1.29 is 0 Å². The van der Waals surface area contributed by atoms with Crippen LogP contribution in [0.2, 0.25) is 0 Å². The van der Waals surface area contributed by atoms with Crippen LogP contribution in [-0.2, 0) is 0 Å². The van der Waals surface area contributed by atoms with Gasteiger partial charge in [0.05, 0.1) is 5.52 Å². The Morgan fingerprint density at radius 3 is 3.05 bits per heavy atom. The molecule has 3 rings (SSSR count). The highest BCUT2D eigenvalue weighted by Gasteiger charge is 2.15. The largest absolute Gasteiger partial charge is 0.383 e. The van der Waals surface area contributed by atoms with Gasteiger partial charge in [0, 0.05) is 36.4 Å². The zero-order chi connectivity index (χ0) is 14.7. The van der Waals surface area contributed by atoms with Crippen LogP contribution in [-0.4, -0.2) is 36.1 Å². The molecular formula is C18H25N3. The Morgan fingerprint density at radius 1 is 1.33 bits per heavy atom. The molecule has 1 aromatic carbocycles. The number of aromatic nitrogens is 1. The van der Waals surface area contributed by atoms with Gasteiger partial charge in [-0.15, -0.1) is 0 Å². The molecule has 1 N–H and O–H groups in total. The molecule has 0 aliphatic carbocycles. The molecule has 1 fully saturated rings. The smallest absolute Gasteiger partial charge is 0.0725 e. The molecular weight excluding hydrogens is 258 g/mol. The number of nitrogens with one attached hydrogen (secondary N) is 1. The van der Waals surface area contributed by atoms with Gasteiger partial charge < -0.3 is 10.2 Å². The molecule has 2 aromatic rings. The van der Waals surface area contributed by atoms with E-state index in [0.29, 0.717) is 0 Å². The van der Waals surface area contributed by atoms with E-state index in [-0.39, 0.29) is 0 Å². The molecule has 112 valence electrons. The van der Waals surface area contributed by atoms with E-state index in [1.807, 2.05) is 6.07 Å². The van der Waals surface area contributed by atoms with Crippen LogP contribution in [0.15, 0.2) is 30.3 Å². The zero-order valence-corrected chi connectivity index (χ0v) is 13.1. The summed E-state index contributed by atoms with van der Waals surface area (Å²) in [5, 5.41) is 4.83. The second kappa shape index (κ2) is 6.44. The van der Waals surface area contributed by atoms with Crippen LogP contribution in [0, 0.1) is 12.8 Å². The van der Waals surface area contributed by atoms with E-state index in [1.54, 1.807) is 0 Å². The van der Waals surface area contributed by atoms with Crippen molar-refractivity contribution in [3.63, 3.8) is 0 Å². The third-order valence-corrected chi connectivity index (χ3v) is 4.33. The number of hydrogen-bond acceptors (Lipinski definition) is 3. The maximum Gasteiger partial charge on any atom is 0.0725 e. The Kier molecular flexibility index (Phi) is 4.39. The lowest BCUT2D eigenvalue weighted by Gasteiger charge is -2.30. The summed E-state index contributed by atoms with van der Waals surface area (Å²) in [6, 6.07) is 10.5. The van der Waals surface area contributed by atoms with Crippen LogP contribution >= 0.6 is 0 Å². The fourth-order valence-corrected chi connectivity index (χ4v) is 3.29. The van der Waals surface area contributed by atoms with Gasteiger partial charge >= 0.3 is 0 Å². The monoisotopic (exact) mass is 283 g/mol. The average Bonchev–Trinajstić information content (AvgIpc) is 2.47. The highest BCUT2D eigenvalue weighted by atomic mass is 15.1. The Balaban J connectivity index is 1.65. The minimum absolute atomic E-state index is 0.850. The average molecular weight is 283 g/mol. The van der Waals surface area contributed by atoms with Crippen LogP contribution in [0.25, 0.3) is 10.9 Å². The van der Waals surface area contributed by atoms with E-state index >= 15 is 0 Å². The van der Waals surface area contributed by atoms with Gasteiger partial charge in [-0.3, -0.25) is 4.98 Å². The second-order valence-corrected chi connectivity index (χ2v) is 6.30. The van der Waals surface area contributed by atoms with Crippen molar-refractivity contribution in [2.75, 3.05) is 31.5 Å². The van der Waals surface area contributed by atoms with Crippen molar-refractivity contribution in [3.8, 4) is 0 Å². The topological polar surface area (TPSA) is 28.2 Å². The van der Waals surface area contributed by atoms with Crippen LogP contribution < -0.4 is 5.32 Å². The van der Waals surface area contributed by atoms with Gasteiger partial charge in [0.1, 0.15) is 0 Å². The predicted molar refractivity (Wildman–Crippen MR) is 89.8 cm³/mol. The maximum absolute atomic E-state index is 4.59. The summed E-state index contributed by atoms with van der Waals surface area (Å²) in [6.45, 7) is 9.05. The standard InChI is InChI=1S/C18H25N3/c1-14-6-5-10-21(13-14)11-9-19-18-12-15(2)20-17-8-4-3-7-16(17)18/h3-4,7-8,12,14H,5-6,9-11,13H2,1-2H3,(H,19,20). The van der Waals surface area contributed by atoms with Gasteiger partial charge in [0.15, 0.2) is 0 Å². The summed E-state index contributed by atoms with van der Waals surface area (Å²) in [4.78, 5) is 7.17.